The fourth-order valence-corrected chi connectivity index (χ4v) is 4.13. The van der Waals surface area contributed by atoms with Crippen LogP contribution in [0.1, 0.15) is 0 Å². The molecule has 5 rings (SSSR count). The molecule has 0 unspecified atom stereocenters. The Bertz CT molecular complexity index is 1500. The van der Waals surface area contributed by atoms with Crippen molar-refractivity contribution < 1.29 is 14.2 Å². The van der Waals surface area contributed by atoms with Gasteiger partial charge in [-0.1, -0.05) is 48.5 Å². The maximum Gasteiger partial charge on any atom is 0.261 e. The van der Waals surface area contributed by atoms with Gasteiger partial charge in [0.15, 0.2) is 0 Å². The number of ether oxygens (including phenoxy) is 3. The van der Waals surface area contributed by atoms with Crippen LogP contribution in [0, 0.1) is 0 Å². The molecule has 0 amide bonds. The Labute approximate surface area is 203 Å². The van der Waals surface area contributed by atoms with E-state index < -0.39 is 0 Å². The van der Waals surface area contributed by atoms with Crippen LogP contribution < -0.4 is 15.0 Å². The second-order valence-corrected chi connectivity index (χ2v) is 8.08. The van der Waals surface area contributed by atoms with Gasteiger partial charge in [0, 0.05) is 10.9 Å². The lowest BCUT2D eigenvalue weighted by atomic mass is 10.1. The van der Waals surface area contributed by atoms with E-state index in [1.54, 1.807) is 17.7 Å². The lowest BCUT2D eigenvalue weighted by molar-refractivity contribution is 0.0945. The minimum atomic E-state index is -0.0861. The highest BCUT2D eigenvalue weighted by Crippen LogP contribution is 2.25. The van der Waals surface area contributed by atoms with Crippen molar-refractivity contribution in [3.05, 3.63) is 101 Å². The van der Waals surface area contributed by atoms with E-state index in [4.69, 9.17) is 19.2 Å². The van der Waals surface area contributed by atoms with E-state index in [0.29, 0.717) is 43.1 Å². The van der Waals surface area contributed by atoms with Crippen molar-refractivity contribution in [1.29, 1.82) is 0 Å². The zero-order valence-electron chi connectivity index (χ0n) is 19.5. The van der Waals surface area contributed by atoms with Gasteiger partial charge >= 0.3 is 0 Å². The highest BCUT2D eigenvalue weighted by atomic mass is 16.5. The van der Waals surface area contributed by atoms with Crippen molar-refractivity contribution in [2.45, 2.75) is 6.54 Å². The van der Waals surface area contributed by atoms with Crippen LogP contribution in [0.15, 0.2) is 95.8 Å². The molecule has 0 fully saturated rings. The molecule has 35 heavy (non-hydrogen) atoms. The topological polar surface area (TPSA) is 62.6 Å². The molecule has 0 bridgehead atoms. The first-order valence-corrected chi connectivity index (χ1v) is 11.6. The fourth-order valence-electron chi connectivity index (χ4n) is 4.13. The van der Waals surface area contributed by atoms with Gasteiger partial charge in [0.2, 0.25) is 0 Å². The number of para-hydroxylation sites is 1. The summed E-state index contributed by atoms with van der Waals surface area (Å²) in [6, 6.07) is 29.1. The molecule has 0 aliphatic carbocycles. The predicted octanol–water partition coefficient (Wildman–Crippen LogP) is 5.32. The molecular weight excluding hydrogens is 440 g/mol. The van der Waals surface area contributed by atoms with Crippen LogP contribution in [0.4, 0.5) is 0 Å². The Kier molecular flexibility index (Phi) is 6.73. The summed E-state index contributed by atoms with van der Waals surface area (Å²) in [6.45, 7) is 1.58. The SMILES string of the molecule is COc1ccc(-c2nc3ccccc3c(=O)n2CCOCCOc2cccc3ccccc23)cc1. The molecule has 5 aromatic rings. The van der Waals surface area contributed by atoms with Crippen molar-refractivity contribution >= 4 is 21.7 Å². The highest BCUT2D eigenvalue weighted by molar-refractivity contribution is 5.88. The number of rotatable bonds is 9. The molecule has 0 spiro atoms. The van der Waals surface area contributed by atoms with Crippen molar-refractivity contribution in [2.75, 3.05) is 26.9 Å². The summed E-state index contributed by atoms with van der Waals surface area (Å²) in [7, 11) is 1.63. The maximum atomic E-state index is 13.3. The van der Waals surface area contributed by atoms with Gasteiger partial charge < -0.3 is 14.2 Å². The average Bonchev–Trinajstić information content (AvgIpc) is 2.91. The van der Waals surface area contributed by atoms with Gasteiger partial charge in [-0.3, -0.25) is 9.36 Å². The summed E-state index contributed by atoms with van der Waals surface area (Å²) in [5.74, 6) is 2.19. The molecule has 1 heterocycles. The Balaban J connectivity index is 1.28. The lowest BCUT2D eigenvalue weighted by Crippen LogP contribution is -2.26. The van der Waals surface area contributed by atoms with Crippen LogP contribution in [0.25, 0.3) is 33.1 Å². The number of hydrogen-bond donors (Lipinski definition) is 0. The van der Waals surface area contributed by atoms with Crippen LogP contribution in [0.2, 0.25) is 0 Å². The van der Waals surface area contributed by atoms with Gasteiger partial charge in [0.05, 0.1) is 37.8 Å². The molecular formula is C29H26N2O4. The third-order valence-electron chi connectivity index (χ3n) is 5.90. The molecule has 6 heteroatoms. The molecule has 0 aliphatic rings. The number of benzene rings is 4. The second kappa shape index (κ2) is 10.4. The third-order valence-corrected chi connectivity index (χ3v) is 5.90. The first-order chi connectivity index (χ1) is 17.2. The number of hydrogen-bond acceptors (Lipinski definition) is 5. The van der Waals surface area contributed by atoms with E-state index in [2.05, 4.69) is 12.1 Å². The van der Waals surface area contributed by atoms with Crippen LogP contribution >= 0.6 is 0 Å². The van der Waals surface area contributed by atoms with Gasteiger partial charge in [-0.05, 0) is 47.9 Å². The van der Waals surface area contributed by atoms with Crippen LogP contribution in [-0.4, -0.2) is 36.5 Å². The zero-order chi connectivity index (χ0) is 24.0. The predicted molar refractivity (Wildman–Crippen MR) is 138 cm³/mol. The zero-order valence-corrected chi connectivity index (χ0v) is 19.5. The molecule has 0 saturated carbocycles. The number of fused-ring (bicyclic) bond motifs is 2. The quantitative estimate of drug-likeness (QED) is 0.275. The van der Waals surface area contributed by atoms with Gasteiger partial charge in [-0.15, -0.1) is 0 Å². The van der Waals surface area contributed by atoms with Gasteiger partial charge in [0.1, 0.15) is 23.9 Å². The summed E-state index contributed by atoms with van der Waals surface area (Å²) in [4.78, 5) is 18.1. The van der Waals surface area contributed by atoms with Gasteiger partial charge in [-0.2, -0.15) is 0 Å². The molecule has 0 N–H and O–H groups in total. The summed E-state index contributed by atoms with van der Waals surface area (Å²) < 4.78 is 18.7. The number of nitrogens with zero attached hydrogens (tertiary/aromatic N) is 2. The van der Waals surface area contributed by atoms with Crippen LogP contribution in [-0.2, 0) is 11.3 Å². The van der Waals surface area contributed by atoms with Crippen molar-refractivity contribution in [2.24, 2.45) is 0 Å². The fraction of sp³-hybridized carbons (Fsp3) is 0.172. The largest absolute Gasteiger partial charge is 0.497 e. The Hall–Kier alpha value is -4.16. The van der Waals surface area contributed by atoms with E-state index in [-0.39, 0.29) is 5.56 Å². The van der Waals surface area contributed by atoms with Crippen LogP contribution in [0.5, 0.6) is 11.5 Å². The van der Waals surface area contributed by atoms with Crippen molar-refractivity contribution in [3.8, 4) is 22.9 Å². The number of methoxy groups -OCH3 is 1. The third kappa shape index (κ3) is 4.88. The molecule has 176 valence electrons. The normalized spacial score (nSPS) is 11.1. The van der Waals surface area contributed by atoms with E-state index in [1.165, 1.54) is 0 Å². The first-order valence-electron chi connectivity index (χ1n) is 11.6. The second-order valence-electron chi connectivity index (χ2n) is 8.08. The highest BCUT2D eigenvalue weighted by Gasteiger charge is 2.13. The van der Waals surface area contributed by atoms with Crippen LogP contribution in [0.3, 0.4) is 0 Å². The van der Waals surface area contributed by atoms with E-state index in [0.717, 1.165) is 27.8 Å². The molecule has 0 aliphatic heterocycles. The molecule has 0 atom stereocenters. The van der Waals surface area contributed by atoms with E-state index in [1.807, 2.05) is 72.8 Å². The molecule has 0 radical (unpaired) electrons. The molecule has 1 aromatic heterocycles. The molecule has 4 aromatic carbocycles. The Morgan fingerprint density at radius 2 is 1.51 bits per heavy atom. The lowest BCUT2D eigenvalue weighted by Gasteiger charge is -2.15. The minimum absolute atomic E-state index is 0.0861. The van der Waals surface area contributed by atoms with Crippen molar-refractivity contribution in [1.82, 2.24) is 9.55 Å². The number of aromatic nitrogens is 2. The average molecular weight is 467 g/mol. The van der Waals surface area contributed by atoms with Gasteiger partial charge in [-0.25, -0.2) is 4.98 Å². The molecule has 6 nitrogen and oxygen atoms in total. The smallest absolute Gasteiger partial charge is 0.261 e. The van der Waals surface area contributed by atoms with Crippen molar-refractivity contribution in [3.63, 3.8) is 0 Å². The Morgan fingerprint density at radius 3 is 2.34 bits per heavy atom. The monoisotopic (exact) mass is 466 g/mol. The summed E-state index contributed by atoms with van der Waals surface area (Å²) in [5, 5.41) is 2.80. The summed E-state index contributed by atoms with van der Waals surface area (Å²) in [6.07, 6.45) is 0. The minimum Gasteiger partial charge on any atom is -0.497 e. The van der Waals surface area contributed by atoms with E-state index in [9.17, 15) is 4.79 Å². The van der Waals surface area contributed by atoms with E-state index >= 15 is 0 Å². The molecule has 0 saturated heterocycles. The maximum absolute atomic E-state index is 13.3. The van der Waals surface area contributed by atoms with Gasteiger partial charge in [0.25, 0.3) is 5.56 Å². The first kappa shape index (κ1) is 22.6. The summed E-state index contributed by atoms with van der Waals surface area (Å²) >= 11 is 0. The summed E-state index contributed by atoms with van der Waals surface area (Å²) in [5.41, 5.74) is 1.42. The Morgan fingerprint density at radius 1 is 0.771 bits per heavy atom. The standard InChI is InChI=1S/C29H26N2O4/c1-33-23-15-13-22(14-16-23)28-30-26-11-5-4-10-25(26)29(32)31(28)17-18-34-19-20-35-27-12-6-8-21-7-2-3-9-24(21)27/h2-16H,17-20H2,1H3.